The molecule has 0 bridgehead atoms. The molecule has 2 N–H and O–H groups in total. The van der Waals surface area contributed by atoms with Crippen LogP contribution in [0.5, 0.6) is 0 Å². The summed E-state index contributed by atoms with van der Waals surface area (Å²) in [6, 6.07) is 7.82. The Morgan fingerprint density at radius 3 is 2.35 bits per heavy atom. The SMILES string of the molecule is CC(NC(=O)NC1CCCCCC1)c1ccc(Cl)cc1. The van der Waals surface area contributed by atoms with Gasteiger partial charge in [-0.25, -0.2) is 4.79 Å². The van der Waals surface area contributed by atoms with E-state index in [1.807, 2.05) is 31.2 Å². The molecule has 1 aromatic carbocycles. The smallest absolute Gasteiger partial charge is 0.315 e. The molecular weight excluding hydrogens is 272 g/mol. The molecule has 1 fully saturated rings. The number of hydrogen-bond donors (Lipinski definition) is 2. The van der Waals surface area contributed by atoms with E-state index in [9.17, 15) is 4.79 Å². The van der Waals surface area contributed by atoms with Gasteiger partial charge in [-0.05, 0) is 37.5 Å². The summed E-state index contributed by atoms with van der Waals surface area (Å²) < 4.78 is 0. The van der Waals surface area contributed by atoms with Gasteiger partial charge in [0, 0.05) is 11.1 Å². The molecule has 20 heavy (non-hydrogen) atoms. The minimum absolute atomic E-state index is 0.0157. The molecule has 1 unspecified atom stereocenters. The molecule has 4 heteroatoms. The molecule has 0 aliphatic heterocycles. The van der Waals surface area contributed by atoms with Crippen molar-refractivity contribution in [2.45, 2.75) is 57.5 Å². The van der Waals surface area contributed by atoms with Crippen LogP contribution in [0.3, 0.4) is 0 Å². The third-order valence-corrected chi connectivity index (χ3v) is 4.16. The fourth-order valence-corrected chi connectivity index (χ4v) is 2.81. The Morgan fingerprint density at radius 2 is 1.75 bits per heavy atom. The largest absolute Gasteiger partial charge is 0.335 e. The number of halogens is 1. The lowest BCUT2D eigenvalue weighted by Crippen LogP contribution is -2.42. The van der Waals surface area contributed by atoms with Crippen molar-refractivity contribution in [2.24, 2.45) is 0 Å². The van der Waals surface area contributed by atoms with E-state index < -0.39 is 0 Å². The Labute approximate surface area is 126 Å². The summed E-state index contributed by atoms with van der Waals surface area (Å²) in [5, 5.41) is 6.80. The minimum atomic E-state index is -0.0700. The van der Waals surface area contributed by atoms with E-state index in [1.165, 1.54) is 25.7 Å². The molecule has 0 saturated heterocycles. The van der Waals surface area contributed by atoms with Crippen LogP contribution in [0.1, 0.15) is 57.1 Å². The van der Waals surface area contributed by atoms with Gasteiger partial charge < -0.3 is 10.6 Å². The van der Waals surface area contributed by atoms with Crippen molar-refractivity contribution >= 4 is 17.6 Å². The molecular formula is C16H23ClN2O. The van der Waals surface area contributed by atoms with Gasteiger partial charge in [0.25, 0.3) is 0 Å². The summed E-state index contributed by atoms with van der Waals surface area (Å²) in [6.45, 7) is 1.98. The number of nitrogens with one attached hydrogen (secondary N) is 2. The molecule has 1 atom stereocenters. The van der Waals surface area contributed by atoms with Crippen LogP contribution in [0, 0.1) is 0 Å². The number of amides is 2. The third-order valence-electron chi connectivity index (χ3n) is 3.91. The van der Waals surface area contributed by atoms with Crippen LogP contribution in [-0.4, -0.2) is 12.1 Å². The third kappa shape index (κ3) is 4.71. The van der Waals surface area contributed by atoms with E-state index in [1.54, 1.807) is 0 Å². The number of urea groups is 1. The molecule has 0 spiro atoms. The van der Waals surface area contributed by atoms with Gasteiger partial charge in [-0.3, -0.25) is 0 Å². The average molecular weight is 295 g/mol. The van der Waals surface area contributed by atoms with Gasteiger partial charge in [-0.15, -0.1) is 0 Å². The first kappa shape index (κ1) is 15.2. The van der Waals surface area contributed by atoms with Crippen LogP contribution in [0.2, 0.25) is 5.02 Å². The summed E-state index contributed by atoms with van der Waals surface area (Å²) in [5.74, 6) is 0. The van der Waals surface area contributed by atoms with E-state index in [0.29, 0.717) is 11.1 Å². The number of benzene rings is 1. The Bertz CT molecular complexity index is 425. The first-order valence-electron chi connectivity index (χ1n) is 7.47. The number of carbonyl (C=O) groups excluding carboxylic acids is 1. The maximum atomic E-state index is 12.0. The van der Waals surface area contributed by atoms with Crippen LogP contribution < -0.4 is 10.6 Å². The highest BCUT2D eigenvalue weighted by Crippen LogP contribution is 2.18. The Morgan fingerprint density at radius 1 is 1.15 bits per heavy atom. The molecule has 1 aromatic rings. The fraction of sp³-hybridized carbons (Fsp3) is 0.562. The predicted molar refractivity (Wildman–Crippen MR) is 83.0 cm³/mol. The van der Waals surface area contributed by atoms with Crippen LogP contribution in [0.4, 0.5) is 4.79 Å². The second-order valence-corrected chi connectivity index (χ2v) is 6.02. The number of rotatable bonds is 3. The Kier molecular flexibility index (Phi) is 5.72. The van der Waals surface area contributed by atoms with Crippen LogP contribution in [0.15, 0.2) is 24.3 Å². The van der Waals surface area contributed by atoms with E-state index >= 15 is 0 Å². The summed E-state index contributed by atoms with van der Waals surface area (Å²) >= 11 is 5.87. The van der Waals surface area contributed by atoms with E-state index in [4.69, 9.17) is 11.6 Å². The highest BCUT2D eigenvalue weighted by atomic mass is 35.5. The zero-order chi connectivity index (χ0) is 14.4. The average Bonchev–Trinajstić information content (AvgIpc) is 2.68. The maximum absolute atomic E-state index is 12.0. The predicted octanol–water partition coefficient (Wildman–Crippen LogP) is 4.42. The highest BCUT2D eigenvalue weighted by Gasteiger charge is 2.16. The molecule has 2 rings (SSSR count). The van der Waals surface area contributed by atoms with Crippen molar-refractivity contribution < 1.29 is 4.79 Å². The first-order valence-corrected chi connectivity index (χ1v) is 7.85. The van der Waals surface area contributed by atoms with Crippen molar-refractivity contribution in [2.75, 3.05) is 0 Å². The highest BCUT2D eigenvalue weighted by molar-refractivity contribution is 6.30. The first-order chi connectivity index (χ1) is 9.65. The van der Waals surface area contributed by atoms with Gasteiger partial charge in [0.05, 0.1) is 6.04 Å². The second-order valence-electron chi connectivity index (χ2n) is 5.58. The van der Waals surface area contributed by atoms with Crippen molar-refractivity contribution in [3.8, 4) is 0 Å². The standard InChI is InChI=1S/C16H23ClN2O/c1-12(13-8-10-14(17)11-9-13)18-16(20)19-15-6-4-2-3-5-7-15/h8-12,15H,2-7H2,1H3,(H2,18,19,20). The molecule has 1 aliphatic rings. The molecule has 0 radical (unpaired) electrons. The van der Waals surface area contributed by atoms with Gasteiger partial charge in [0.15, 0.2) is 0 Å². The summed E-state index contributed by atoms with van der Waals surface area (Å²) in [5.41, 5.74) is 1.06. The van der Waals surface area contributed by atoms with Crippen molar-refractivity contribution in [1.82, 2.24) is 10.6 Å². The zero-order valence-electron chi connectivity index (χ0n) is 12.0. The van der Waals surface area contributed by atoms with E-state index in [-0.39, 0.29) is 12.1 Å². The number of hydrogen-bond acceptors (Lipinski definition) is 1. The topological polar surface area (TPSA) is 41.1 Å². The molecule has 3 nitrogen and oxygen atoms in total. The van der Waals surface area contributed by atoms with E-state index in [0.717, 1.165) is 18.4 Å². The zero-order valence-corrected chi connectivity index (χ0v) is 12.7. The quantitative estimate of drug-likeness (QED) is 0.796. The van der Waals surface area contributed by atoms with Crippen molar-refractivity contribution in [3.63, 3.8) is 0 Å². The number of carbonyl (C=O) groups is 1. The molecule has 2 amide bonds. The van der Waals surface area contributed by atoms with Gasteiger partial charge in [-0.1, -0.05) is 49.4 Å². The molecule has 1 saturated carbocycles. The van der Waals surface area contributed by atoms with Crippen LogP contribution in [-0.2, 0) is 0 Å². The summed E-state index contributed by atoms with van der Waals surface area (Å²) in [7, 11) is 0. The lowest BCUT2D eigenvalue weighted by molar-refractivity contribution is 0.232. The Hall–Kier alpha value is -1.22. The Balaban J connectivity index is 1.82. The van der Waals surface area contributed by atoms with Crippen LogP contribution in [0.25, 0.3) is 0 Å². The molecule has 0 aromatic heterocycles. The summed E-state index contributed by atoms with van der Waals surface area (Å²) in [6.07, 6.45) is 7.23. The summed E-state index contributed by atoms with van der Waals surface area (Å²) in [4.78, 5) is 12.0. The normalized spacial score (nSPS) is 18.1. The minimum Gasteiger partial charge on any atom is -0.335 e. The van der Waals surface area contributed by atoms with Gasteiger partial charge in [-0.2, -0.15) is 0 Å². The molecule has 0 heterocycles. The van der Waals surface area contributed by atoms with Crippen LogP contribution >= 0.6 is 11.6 Å². The van der Waals surface area contributed by atoms with Gasteiger partial charge >= 0.3 is 6.03 Å². The van der Waals surface area contributed by atoms with Gasteiger partial charge in [0.1, 0.15) is 0 Å². The van der Waals surface area contributed by atoms with Crippen molar-refractivity contribution in [3.05, 3.63) is 34.9 Å². The molecule has 1 aliphatic carbocycles. The van der Waals surface area contributed by atoms with Crippen molar-refractivity contribution in [1.29, 1.82) is 0 Å². The van der Waals surface area contributed by atoms with E-state index in [2.05, 4.69) is 10.6 Å². The lowest BCUT2D eigenvalue weighted by atomic mass is 10.1. The monoisotopic (exact) mass is 294 g/mol. The van der Waals surface area contributed by atoms with Gasteiger partial charge in [0.2, 0.25) is 0 Å². The maximum Gasteiger partial charge on any atom is 0.315 e. The molecule has 110 valence electrons. The second kappa shape index (κ2) is 7.53. The lowest BCUT2D eigenvalue weighted by Gasteiger charge is -2.20. The fourth-order valence-electron chi connectivity index (χ4n) is 2.68.